The first-order chi connectivity index (χ1) is 24.0. The smallest absolute Gasteiger partial charge is 0.140 e. The molecule has 0 unspecified atom stereocenters. The van der Waals surface area contributed by atoms with Gasteiger partial charge in [0.15, 0.2) is 0 Å². The third kappa shape index (κ3) is 3.87. The normalized spacial score (nSPS) is 13.2. The molecule has 4 nitrogen and oxygen atoms in total. The Morgan fingerprint density at radius 2 is 1.02 bits per heavy atom. The van der Waals surface area contributed by atoms with Gasteiger partial charge in [0.25, 0.3) is 0 Å². The Balaban J connectivity index is 1.27. The van der Waals surface area contributed by atoms with Crippen LogP contribution >= 0.6 is 0 Å². The van der Waals surface area contributed by atoms with Gasteiger partial charge in [0.05, 0.1) is 45.1 Å². The molecule has 3 heterocycles. The van der Waals surface area contributed by atoms with Crippen molar-refractivity contribution in [1.82, 2.24) is 14.1 Å². The third-order valence-corrected chi connectivity index (χ3v) is 10.5. The predicted octanol–water partition coefficient (Wildman–Crippen LogP) is 11.1. The Hall–Kier alpha value is -6.44. The number of para-hydroxylation sites is 4. The summed E-state index contributed by atoms with van der Waals surface area (Å²) in [6, 6.07) is 54.1. The number of hydrogen-bond acceptors (Lipinski definition) is 2. The molecule has 49 heavy (non-hydrogen) atoms. The van der Waals surface area contributed by atoms with E-state index in [1.807, 2.05) is 6.07 Å². The molecule has 0 atom stereocenters. The fourth-order valence-electron chi connectivity index (χ4n) is 8.23. The summed E-state index contributed by atoms with van der Waals surface area (Å²) < 4.78 is 4.69. The fraction of sp³-hybridized carbons (Fsp3) is 0.0667. The zero-order chi connectivity index (χ0) is 32.9. The van der Waals surface area contributed by atoms with E-state index in [0.29, 0.717) is 5.56 Å². The molecule has 0 spiro atoms. The van der Waals surface area contributed by atoms with E-state index in [0.717, 1.165) is 44.8 Å². The molecule has 9 aromatic rings. The summed E-state index contributed by atoms with van der Waals surface area (Å²) in [6.07, 6.45) is 0. The summed E-state index contributed by atoms with van der Waals surface area (Å²) in [6.45, 7) is 4.52. The minimum Gasteiger partial charge on any atom is -0.309 e. The first-order valence-corrected chi connectivity index (χ1v) is 16.7. The van der Waals surface area contributed by atoms with Gasteiger partial charge in [0.2, 0.25) is 0 Å². The molecule has 0 saturated heterocycles. The van der Waals surface area contributed by atoms with E-state index in [2.05, 4.69) is 169 Å². The van der Waals surface area contributed by atoms with Crippen LogP contribution in [0.5, 0.6) is 0 Å². The van der Waals surface area contributed by atoms with Crippen LogP contribution in [0.1, 0.15) is 30.5 Å². The summed E-state index contributed by atoms with van der Waals surface area (Å²) >= 11 is 0. The summed E-state index contributed by atoms with van der Waals surface area (Å²) in [5.41, 5.74) is 12.9. The highest BCUT2D eigenvalue weighted by molar-refractivity contribution is 6.10. The highest BCUT2D eigenvalue weighted by Gasteiger charge is 2.36. The van der Waals surface area contributed by atoms with Crippen molar-refractivity contribution in [2.75, 3.05) is 0 Å². The van der Waals surface area contributed by atoms with Gasteiger partial charge in [-0.25, -0.2) is 4.98 Å². The predicted molar refractivity (Wildman–Crippen MR) is 201 cm³/mol. The zero-order valence-electron chi connectivity index (χ0n) is 27.1. The summed E-state index contributed by atoms with van der Waals surface area (Å²) in [7, 11) is 0. The van der Waals surface area contributed by atoms with E-state index in [4.69, 9.17) is 4.98 Å². The molecule has 0 fully saturated rings. The summed E-state index contributed by atoms with van der Waals surface area (Å²) in [5.74, 6) is 0.869. The Kier molecular flexibility index (Phi) is 5.66. The lowest BCUT2D eigenvalue weighted by molar-refractivity contribution is 0.660. The molecular formula is C45H30N4. The molecule has 0 bridgehead atoms. The average molecular weight is 627 g/mol. The maximum Gasteiger partial charge on any atom is 0.140 e. The molecule has 0 amide bonds. The number of nitrogens with zero attached hydrogens (tertiary/aromatic N) is 4. The van der Waals surface area contributed by atoms with Gasteiger partial charge in [0, 0.05) is 38.6 Å². The lowest BCUT2D eigenvalue weighted by atomic mass is 9.81. The van der Waals surface area contributed by atoms with E-state index < -0.39 is 0 Å². The standard InChI is InChI=1S/C45H30N4/c1-45(2)37-23-28(27-46)19-21-31(37)32-22-20-29(24-38(32)45)39-25-30(48-40-15-7-3-11-33(40)34-12-4-8-16-41(34)48)26-44(47-39)49-42-17-9-5-13-35(42)36-14-6-10-18-43(36)49/h3-26H,1-2H3. The Labute approximate surface area is 283 Å². The first kappa shape index (κ1) is 27.7. The number of rotatable bonds is 3. The van der Waals surface area contributed by atoms with Gasteiger partial charge in [-0.2, -0.15) is 5.26 Å². The minimum absolute atomic E-state index is 0.256. The van der Waals surface area contributed by atoms with Crippen molar-refractivity contribution in [1.29, 1.82) is 5.26 Å². The van der Waals surface area contributed by atoms with Crippen LogP contribution in [-0.2, 0) is 5.41 Å². The summed E-state index contributed by atoms with van der Waals surface area (Å²) in [5, 5.41) is 14.5. The number of hydrogen-bond donors (Lipinski definition) is 0. The van der Waals surface area contributed by atoms with E-state index in [9.17, 15) is 5.26 Å². The number of fused-ring (bicyclic) bond motifs is 9. The SMILES string of the molecule is CC1(C)c2cc(C#N)ccc2-c2ccc(-c3cc(-n4c5ccccc5c5ccccc54)cc(-n4c5ccccc5c5ccccc54)n3)cc21. The largest absolute Gasteiger partial charge is 0.309 e. The van der Waals surface area contributed by atoms with Crippen molar-refractivity contribution in [2.45, 2.75) is 19.3 Å². The van der Waals surface area contributed by atoms with Gasteiger partial charge >= 0.3 is 0 Å². The van der Waals surface area contributed by atoms with E-state index in [1.54, 1.807) is 0 Å². The van der Waals surface area contributed by atoms with Gasteiger partial charge in [-0.15, -0.1) is 0 Å². The van der Waals surface area contributed by atoms with Crippen molar-refractivity contribution >= 4 is 43.6 Å². The highest BCUT2D eigenvalue weighted by atomic mass is 15.1. The Morgan fingerprint density at radius 1 is 0.531 bits per heavy atom. The number of nitriles is 1. The van der Waals surface area contributed by atoms with Crippen molar-refractivity contribution in [3.8, 4) is 40.0 Å². The van der Waals surface area contributed by atoms with Gasteiger partial charge < -0.3 is 4.57 Å². The number of aromatic nitrogens is 3. The molecule has 0 aliphatic heterocycles. The van der Waals surface area contributed by atoms with Gasteiger partial charge in [-0.3, -0.25) is 4.57 Å². The molecule has 3 aromatic heterocycles. The van der Waals surface area contributed by atoms with Crippen LogP contribution in [0, 0.1) is 11.3 Å². The van der Waals surface area contributed by atoms with Gasteiger partial charge in [-0.1, -0.05) is 105 Å². The second-order valence-electron chi connectivity index (χ2n) is 13.6. The second kappa shape index (κ2) is 10.0. The van der Waals surface area contributed by atoms with Crippen LogP contribution in [0.25, 0.3) is 77.5 Å². The van der Waals surface area contributed by atoms with Crippen LogP contribution in [0.4, 0.5) is 0 Å². The van der Waals surface area contributed by atoms with Crippen molar-refractivity contribution in [3.63, 3.8) is 0 Å². The number of benzene rings is 6. The molecule has 4 heteroatoms. The quantitative estimate of drug-likeness (QED) is 0.196. The van der Waals surface area contributed by atoms with Crippen molar-refractivity contribution < 1.29 is 0 Å². The van der Waals surface area contributed by atoms with E-state index >= 15 is 0 Å². The van der Waals surface area contributed by atoms with Gasteiger partial charge in [0.1, 0.15) is 5.82 Å². The Bertz CT molecular complexity index is 2640. The maximum absolute atomic E-state index is 9.66. The number of pyridine rings is 1. The van der Waals surface area contributed by atoms with Crippen LogP contribution < -0.4 is 0 Å². The molecule has 1 aliphatic rings. The molecule has 10 rings (SSSR count). The summed E-state index contributed by atoms with van der Waals surface area (Å²) in [4.78, 5) is 5.47. The second-order valence-corrected chi connectivity index (χ2v) is 13.6. The fourth-order valence-corrected chi connectivity index (χ4v) is 8.23. The molecule has 0 saturated carbocycles. The lowest BCUT2D eigenvalue weighted by Gasteiger charge is -2.22. The topological polar surface area (TPSA) is 46.5 Å². The maximum atomic E-state index is 9.66. The van der Waals surface area contributed by atoms with Gasteiger partial charge in [-0.05, 0) is 70.8 Å². The highest BCUT2D eigenvalue weighted by Crippen LogP contribution is 2.50. The van der Waals surface area contributed by atoms with Crippen LogP contribution in [-0.4, -0.2) is 14.1 Å². The molecular weight excluding hydrogens is 597 g/mol. The molecule has 0 N–H and O–H groups in total. The van der Waals surface area contributed by atoms with Crippen LogP contribution in [0.2, 0.25) is 0 Å². The monoisotopic (exact) mass is 626 g/mol. The Morgan fingerprint density at radius 3 is 1.57 bits per heavy atom. The first-order valence-electron chi connectivity index (χ1n) is 16.7. The van der Waals surface area contributed by atoms with E-state index in [-0.39, 0.29) is 5.41 Å². The van der Waals surface area contributed by atoms with Crippen LogP contribution in [0.3, 0.4) is 0 Å². The zero-order valence-corrected chi connectivity index (χ0v) is 27.1. The molecule has 0 radical (unpaired) electrons. The third-order valence-electron chi connectivity index (χ3n) is 10.5. The molecule has 6 aromatic carbocycles. The molecule has 1 aliphatic carbocycles. The van der Waals surface area contributed by atoms with Crippen molar-refractivity contribution in [2.24, 2.45) is 0 Å². The van der Waals surface area contributed by atoms with Crippen molar-refractivity contribution in [3.05, 3.63) is 162 Å². The molecule has 230 valence electrons. The lowest BCUT2D eigenvalue weighted by Crippen LogP contribution is -2.15. The minimum atomic E-state index is -0.256. The average Bonchev–Trinajstić information content (AvgIpc) is 3.74. The van der Waals surface area contributed by atoms with E-state index in [1.165, 1.54) is 43.8 Å². The van der Waals surface area contributed by atoms with Crippen LogP contribution in [0.15, 0.2) is 146 Å².